The molecule has 0 bridgehead atoms. The van der Waals surface area contributed by atoms with E-state index in [1.165, 1.54) is 11.2 Å². The molecule has 17 nitrogen and oxygen atoms in total. The summed E-state index contributed by atoms with van der Waals surface area (Å²) >= 11 is 0. The quantitative estimate of drug-likeness (QED) is 0.0252. The first-order valence-electron chi connectivity index (χ1n) is 17.3. The van der Waals surface area contributed by atoms with Gasteiger partial charge in [-0.2, -0.15) is 0 Å². The normalized spacial score (nSPS) is 11.5. The topological polar surface area (TPSA) is 203 Å². The number of nitrogens with one attached hydrogen (secondary N) is 1. The number of hydrazine groups is 1. The molecule has 0 aromatic rings. The summed E-state index contributed by atoms with van der Waals surface area (Å²) in [5.74, 6) is 5.39. The van der Waals surface area contributed by atoms with Crippen LogP contribution in [-0.2, 0) is 61.7 Å². The number of hydrogen-bond acceptors (Lipinski definition) is 16. The van der Waals surface area contributed by atoms with E-state index in [9.17, 15) is 9.59 Å². The van der Waals surface area contributed by atoms with Crippen molar-refractivity contribution in [2.24, 2.45) is 11.6 Å². The van der Waals surface area contributed by atoms with Crippen LogP contribution in [0, 0.1) is 0 Å². The van der Waals surface area contributed by atoms with Gasteiger partial charge in [0.05, 0.1) is 152 Å². The molecule has 5 N–H and O–H groups in total. The zero-order chi connectivity index (χ0) is 37.0. The minimum Gasteiger partial charge on any atom is -0.399 e. The summed E-state index contributed by atoms with van der Waals surface area (Å²) in [5, 5.41) is 3.89. The van der Waals surface area contributed by atoms with Crippen LogP contribution in [0.25, 0.3) is 0 Å². The van der Waals surface area contributed by atoms with E-state index >= 15 is 0 Å². The van der Waals surface area contributed by atoms with Crippen molar-refractivity contribution in [3.05, 3.63) is 24.0 Å². The van der Waals surface area contributed by atoms with E-state index < -0.39 is 5.91 Å². The standard InChI is InChI=1S/C31H60N4O13.C2H6/c1-2-38-8-9-40-12-13-42-16-17-44-20-21-46-24-25-48-27-26-47-23-22-45-19-18-43-15-14-41-11-10-39-7-5-35(33)29-30(32)28-34-31(37)4-3-6-36;1-2/h3-4,6,29H,2,5,7-28,32-33H2,1H3,(H,34,37);1-2H3/b4-3-,30-29-;. The molecule has 296 valence electrons. The zero-order valence-electron chi connectivity index (χ0n) is 30.7. The molecule has 0 spiro atoms. The highest BCUT2D eigenvalue weighted by molar-refractivity contribution is 5.90. The van der Waals surface area contributed by atoms with Gasteiger partial charge in [-0.1, -0.05) is 13.8 Å². The van der Waals surface area contributed by atoms with Gasteiger partial charge in [0.2, 0.25) is 5.91 Å². The number of ether oxygens (including phenoxy) is 11. The number of carbonyl (C=O) groups is 2. The molecule has 17 heteroatoms. The molecule has 0 aliphatic heterocycles. The van der Waals surface area contributed by atoms with Crippen molar-refractivity contribution in [1.82, 2.24) is 10.3 Å². The fourth-order valence-electron chi connectivity index (χ4n) is 3.21. The molecule has 0 rings (SSSR count). The van der Waals surface area contributed by atoms with Crippen molar-refractivity contribution in [2.75, 3.05) is 158 Å². The van der Waals surface area contributed by atoms with Gasteiger partial charge in [0.1, 0.15) is 6.29 Å². The second-order valence-corrected chi connectivity index (χ2v) is 9.48. The molecule has 0 saturated carbocycles. The lowest BCUT2D eigenvalue weighted by Gasteiger charge is -2.15. The SMILES string of the molecule is CC.CCOCCOCCOCCOCCOCCOCCOCCOCCOCCOCCOCCN(N)/C=C(\N)CNC(=O)/C=C\C=O. The average molecular weight is 727 g/mol. The van der Waals surface area contributed by atoms with Gasteiger partial charge in [0.25, 0.3) is 0 Å². The van der Waals surface area contributed by atoms with Crippen LogP contribution in [0.2, 0.25) is 0 Å². The first-order valence-corrected chi connectivity index (χ1v) is 17.3. The number of aldehydes is 1. The summed E-state index contributed by atoms with van der Waals surface area (Å²) in [6.45, 7) is 17.5. The van der Waals surface area contributed by atoms with Crippen LogP contribution >= 0.6 is 0 Å². The Balaban J connectivity index is 0. The molecular formula is C33H66N4O13. The Morgan fingerprint density at radius 3 is 1.16 bits per heavy atom. The molecule has 0 saturated heterocycles. The van der Waals surface area contributed by atoms with E-state index in [0.717, 1.165) is 12.2 Å². The molecule has 50 heavy (non-hydrogen) atoms. The highest BCUT2D eigenvalue weighted by atomic mass is 16.6. The molecule has 0 radical (unpaired) electrons. The van der Waals surface area contributed by atoms with Gasteiger partial charge in [-0.25, -0.2) is 5.84 Å². The maximum absolute atomic E-state index is 11.4. The first kappa shape index (κ1) is 49.9. The molecule has 0 heterocycles. The van der Waals surface area contributed by atoms with Gasteiger partial charge in [-0.05, 0) is 13.0 Å². The largest absolute Gasteiger partial charge is 0.399 e. The van der Waals surface area contributed by atoms with Gasteiger partial charge in [-0.3, -0.25) is 9.59 Å². The number of rotatable bonds is 39. The van der Waals surface area contributed by atoms with E-state index in [-0.39, 0.29) is 6.54 Å². The van der Waals surface area contributed by atoms with Crippen LogP contribution in [0.4, 0.5) is 0 Å². The van der Waals surface area contributed by atoms with Gasteiger partial charge in [0.15, 0.2) is 0 Å². The summed E-state index contributed by atoms with van der Waals surface area (Å²) in [6, 6.07) is 0. The Kier molecular flexibility index (Phi) is 44.6. The number of nitrogens with zero attached hydrogens (tertiary/aromatic N) is 1. The number of nitrogens with two attached hydrogens (primary N) is 2. The molecular weight excluding hydrogens is 660 g/mol. The minimum atomic E-state index is -0.425. The van der Waals surface area contributed by atoms with E-state index in [4.69, 9.17) is 63.7 Å². The Bertz CT molecular complexity index is 767. The lowest BCUT2D eigenvalue weighted by Crippen LogP contribution is -2.33. The smallest absolute Gasteiger partial charge is 0.244 e. The summed E-state index contributed by atoms with van der Waals surface area (Å²) < 4.78 is 59.6. The number of carbonyl (C=O) groups excluding carboxylic acids is 2. The van der Waals surface area contributed by atoms with E-state index in [0.29, 0.717) is 164 Å². The third-order valence-electron chi connectivity index (χ3n) is 5.54. The second kappa shape index (κ2) is 44.8. The highest BCUT2D eigenvalue weighted by Gasteiger charge is 2.00. The van der Waals surface area contributed by atoms with Gasteiger partial charge >= 0.3 is 0 Å². The van der Waals surface area contributed by atoms with Crippen LogP contribution in [0.3, 0.4) is 0 Å². The van der Waals surface area contributed by atoms with Crippen molar-refractivity contribution in [3.63, 3.8) is 0 Å². The molecule has 0 aromatic heterocycles. The third kappa shape index (κ3) is 43.8. The van der Waals surface area contributed by atoms with Crippen LogP contribution < -0.4 is 16.9 Å². The summed E-state index contributed by atoms with van der Waals surface area (Å²) in [7, 11) is 0. The van der Waals surface area contributed by atoms with E-state index in [1.807, 2.05) is 20.8 Å². The fraction of sp³-hybridized carbons (Fsp3) is 0.818. The third-order valence-corrected chi connectivity index (χ3v) is 5.54. The van der Waals surface area contributed by atoms with E-state index in [1.54, 1.807) is 0 Å². The van der Waals surface area contributed by atoms with Crippen molar-refractivity contribution in [2.45, 2.75) is 20.8 Å². The van der Waals surface area contributed by atoms with Crippen LogP contribution in [-0.4, -0.2) is 176 Å². The summed E-state index contributed by atoms with van der Waals surface area (Å²) in [6.07, 6.45) is 4.22. The Morgan fingerprint density at radius 2 is 0.860 bits per heavy atom. The van der Waals surface area contributed by atoms with Crippen molar-refractivity contribution < 1.29 is 61.7 Å². The van der Waals surface area contributed by atoms with E-state index in [2.05, 4.69) is 5.32 Å². The molecule has 0 unspecified atom stereocenters. The first-order chi connectivity index (χ1) is 24.6. The molecule has 0 aliphatic carbocycles. The van der Waals surface area contributed by atoms with Crippen molar-refractivity contribution >= 4 is 12.2 Å². The fourth-order valence-corrected chi connectivity index (χ4v) is 3.21. The lowest BCUT2D eigenvalue weighted by atomic mass is 10.4. The number of allylic oxidation sites excluding steroid dienone is 1. The highest BCUT2D eigenvalue weighted by Crippen LogP contribution is 1.89. The predicted molar refractivity (Wildman–Crippen MR) is 187 cm³/mol. The zero-order valence-corrected chi connectivity index (χ0v) is 30.7. The van der Waals surface area contributed by atoms with Gasteiger partial charge < -0.3 is 68.2 Å². The molecule has 0 aromatic carbocycles. The van der Waals surface area contributed by atoms with Crippen LogP contribution in [0.15, 0.2) is 24.0 Å². The second-order valence-electron chi connectivity index (χ2n) is 9.48. The summed E-state index contributed by atoms with van der Waals surface area (Å²) in [4.78, 5) is 21.6. The molecule has 0 atom stereocenters. The van der Waals surface area contributed by atoms with Crippen molar-refractivity contribution in [3.8, 4) is 0 Å². The average Bonchev–Trinajstić information content (AvgIpc) is 3.12. The maximum Gasteiger partial charge on any atom is 0.244 e. The number of amides is 1. The Morgan fingerprint density at radius 1 is 0.560 bits per heavy atom. The predicted octanol–water partition coefficient (Wildman–Crippen LogP) is 0.0622. The van der Waals surface area contributed by atoms with Crippen LogP contribution in [0.5, 0.6) is 0 Å². The van der Waals surface area contributed by atoms with Gasteiger partial charge in [-0.15, -0.1) is 0 Å². The maximum atomic E-state index is 11.4. The minimum absolute atomic E-state index is 0.103. The molecule has 1 amide bonds. The van der Waals surface area contributed by atoms with Crippen molar-refractivity contribution in [1.29, 1.82) is 0 Å². The van der Waals surface area contributed by atoms with Gasteiger partial charge in [0, 0.05) is 24.6 Å². The Hall–Kier alpha value is -2.26. The lowest BCUT2D eigenvalue weighted by molar-refractivity contribution is -0.116. The number of hydrogen-bond donors (Lipinski definition) is 3. The molecule has 0 fully saturated rings. The monoisotopic (exact) mass is 726 g/mol. The molecule has 0 aliphatic rings. The Labute approximate surface area is 299 Å². The summed E-state index contributed by atoms with van der Waals surface area (Å²) in [5.41, 5.74) is 6.15. The van der Waals surface area contributed by atoms with Crippen LogP contribution in [0.1, 0.15) is 20.8 Å².